The Morgan fingerprint density at radius 2 is 1.89 bits per heavy atom. The van der Waals surface area contributed by atoms with Crippen LogP contribution in [0.2, 0.25) is 25.7 Å². The van der Waals surface area contributed by atoms with Gasteiger partial charge in [0, 0.05) is 11.6 Å². The SMILES string of the molecule is CCC(CC[Si](C)(C)C)(C(=O)O)c1ccccc1I. The van der Waals surface area contributed by atoms with E-state index in [1.165, 1.54) is 0 Å². The summed E-state index contributed by atoms with van der Waals surface area (Å²) in [7, 11) is -1.25. The van der Waals surface area contributed by atoms with E-state index in [1.807, 2.05) is 31.2 Å². The highest BCUT2D eigenvalue weighted by molar-refractivity contribution is 14.1. The number of halogens is 1. The Labute approximate surface area is 130 Å². The lowest BCUT2D eigenvalue weighted by Gasteiger charge is -2.32. The van der Waals surface area contributed by atoms with Gasteiger partial charge in [0.15, 0.2) is 0 Å². The van der Waals surface area contributed by atoms with E-state index in [0.29, 0.717) is 6.42 Å². The average molecular weight is 390 g/mol. The van der Waals surface area contributed by atoms with Crippen LogP contribution in [0.4, 0.5) is 0 Å². The van der Waals surface area contributed by atoms with E-state index in [2.05, 4.69) is 42.2 Å². The van der Waals surface area contributed by atoms with Crippen LogP contribution >= 0.6 is 22.6 Å². The first-order valence-electron chi connectivity index (χ1n) is 6.71. The number of hydrogen-bond acceptors (Lipinski definition) is 1. The van der Waals surface area contributed by atoms with Crippen LogP contribution in [-0.4, -0.2) is 19.1 Å². The van der Waals surface area contributed by atoms with Crippen LogP contribution in [0.25, 0.3) is 0 Å². The van der Waals surface area contributed by atoms with Crippen molar-refractivity contribution in [1.29, 1.82) is 0 Å². The smallest absolute Gasteiger partial charge is 0.314 e. The molecule has 0 bridgehead atoms. The second kappa shape index (κ2) is 6.39. The number of rotatable bonds is 6. The summed E-state index contributed by atoms with van der Waals surface area (Å²) in [5.41, 5.74) is 0.252. The van der Waals surface area contributed by atoms with Crippen molar-refractivity contribution >= 4 is 36.6 Å². The highest BCUT2D eigenvalue weighted by Crippen LogP contribution is 2.37. The van der Waals surface area contributed by atoms with Gasteiger partial charge >= 0.3 is 5.97 Å². The maximum absolute atomic E-state index is 11.9. The summed E-state index contributed by atoms with van der Waals surface area (Å²) >= 11 is 2.25. The Morgan fingerprint density at radius 3 is 2.32 bits per heavy atom. The lowest BCUT2D eigenvalue weighted by atomic mass is 9.76. The molecule has 0 aromatic heterocycles. The largest absolute Gasteiger partial charge is 0.481 e. The van der Waals surface area contributed by atoms with Gasteiger partial charge in [-0.2, -0.15) is 0 Å². The predicted octanol–water partition coefficient (Wildman–Crippen LogP) is 4.75. The summed E-state index contributed by atoms with van der Waals surface area (Å²) in [4.78, 5) is 11.9. The second-order valence-corrected chi connectivity index (χ2v) is 13.1. The Morgan fingerprint density at radius 1 is 1.32 bits per heavy atom. The third kappa shape index (κ3) is 4.05. The molecule has 1 aromatic carbocycles. The van der Waals surface area contributed by atoms with Crippen LogP contribution in [0.3, 0.4) is 0 Å². The normalized spacial score (nSPS) is 15.0. The molecule has 0 aliphatic heterocycles. The summed E-state index contributed by atoms with van der Waals surface area (Å²) in [6.07, 6.45) is 1.39. The van der Waals surface area contributed by atoms with Gasteiger partial charge in [-0.1, -0.05) is 50.8 Å². The number of carboxylic acids is 1. The Balaban J connectivity index is 3.20. The van der Waals surface area contributed by atoms with Gasteiger partial charge in [0.25, 0.3) is 0 Å². The van der Waals surface area contributed by atoms with Gasteiger partial charge in [-0.05, 0) is 47.1 Å². The Kier molecular flexibility index (Phi) is 5.61. The van der Waals surface area contributed by atoms with E-state index >= 15 is 0 Å². The molecule has 1 aromatic rings. The van der Waals surface area contributed by atoms with Crippen LogP contribution in [0.1, 0.15) is 25.3 Å². The van der Waals surface area contributed by atoms with E-state index in [1.54, 1.807) is 0 Å². The molecule has 0 aliphatic rings. The summed E-state index contributed by atoms with van der Waals surface area (Å²) in [6, 6.07) is 8.92. The van der Waals surface area contributed by atoms with Gasteiger partial charge in [-0.25, -0.2) is 0 Å². The van der Waals surface area contributed by atoms with Crippen LogP contribution in [-0.2, 0) is 10.2 Å². The fraction of sp³-hybridized carbons (Fsp3) is 0.533. The molecule has 2 nitrogen and oxygen atoms in total. The minimum Gasteiger partial charge on any atom is -0.481 e. The fourth-order valence-corrected chi connectivity index (χ4v) is 4.39. The van der Waals surface area contributed by atoms with Crippen LogP contribution in [0.5, 0.6) is 0 Å². The van der Waals surface area contributed by atoms with E-state index < -0.39 is 19.5 Å². The number of carbonyl (C=O) groups is 1. The van der Waals surface area contributed by atoms with E-state index in [9.17, 15) is 9.90 Å². The molecule has 0 aliphatic carbocycles. The zero-order chi connectivity index (χ0) is 14.7. The molecule has 106 valence electrons. The quantitative estimate of drug-likeness (QED) is 0.562. The fourth-order valence-electron chi connectivity index (χ4n) is 2.31. The molecule has 0 spiro atoms. The number of hydrogen-bond donors (Lipinski definition) is 1. The van der Waals surface area contributed by atoms with E-state index in [0.717, 1.165) is 21.6 Å². The molecule has 1 unspecified atom stereocenters. The second-order valence-electron chi connectivity index (χ2n) is 6.28. The molecule has 1 atom stereocenters. The maximum Gasteiger partial charge on any atom is 0.314 e. The van der Waals surface area contributed by atoms with Gasteiger partial charge in [0.05, 0.1) is 5.41 Å². The molecule has 0 heterocycles. The lowest BCUT2D eigenvalue weighted by Crippen LogP contribution is -2.38. The Bertz CT molecular complexity index is 454. The highest BCUT2D eigenvalue weighted by Gasteiger charge is 2.40. The van der Waals surface area contributed by atoms with Crippen molar-refractivity contribution in [3.63, 3.8) is 0 Å². The highest BCUT2D eigenvalue weighted by atomic mass is 127. The predicted molar refractivity (Wildman–Crippen MR) is 91.5 cm³/mol. The Hall–Kier alpha value is -0.363. The topological polar surface area (TPSA) is 37.3 Å². The van der Waals surface area contributed by atoms with Gasteiger partial charge in [0.1, 0.15) is 0 Å². The molecular weight excluding hydrogens is 367 g/mol. The average Bonchev–Trinajstić information content (AvgIpc) is 2.30. The summed E-state index contributed by atoms with van der Waals surface area (Å²) in [6.45, 7) is 8.88. The molecule has 4 heteroatoms. The monoisotopic (exact) mass is 390 g/mol. The van der Waals surface area contributed by atoms with Crippen molar-refractivity contribution in [3.05, 3.63) is 33.4 Å². The van der Waals surface area contributed by atoms with Crippen LogP contribution in [0.15, 0.2) is 24.3 Å². The number of carboxylic acid groups (broad SMARTS) is 1. The molecule has 1 rings (SSSR count). The molecule has 0 saturated carbocycles. The molecule has 1 N–H and O–H groups in total. The van der Waals surface area contributed by atoms with Crippen molar-refractivity contribution in [2.45, 2.75) is 50.9 Å². The van der Waals surface area contributed by atoms with Crippen LogP contribution < -0.4 is 0 Å². The van der Waals surface area contributed by atoms with Gasteiger partial charge in [0.2, 0.25) is 0 Å². The first-order valence-corrected chi connectivity index (χ1v) is 11.5. The van der Waals surface area contributed by atoms with Crippen LogP contribution in [0, 0.1) is 3.57 Å². The van der Waals surface area contributed by atoms with Crippen molar-refractivity contribution in [2.75, 3.05) is 0 Å². The van der Waals surface area contributed by atoms with Gasteiger partial charge < -0.3 is 5.11 Å². The first-order chi connectivity index (χ1) is 8.73. The maximum atomic E-state index is 11.9. The molecule has 0 saturated heterocycles. The molecule has 0 fully saturated rings. The van der Waals surface area contributed by atoms with Crippen molar-refractivity contribution in [3.8, 4) is 0 Å². The van der Waals surface area contributed by atoms with Gasteiger partial charge in [-0.3, -0.25) is 4.79 Å². The molecule has 0 radical (unpaired) electrons. The van der Waals surface area contributed by atoms with E-state index in [4.69, 9.17) is 0 Å². The minimum atomic E-state index is -1.25. The third-order valence-corrected chi connectivity index (χ3v) is 6.39. The standard InChI is InChI=1S/C15H23IO2Si/c1-5-15(14(17)18,10-11-19(2,3)4)12-8-6-7-9-13(12)16/h6-9H,5,10-11H2,1-4H3,(H,17,18). The molecule has 19 heavy (non-hydrogen) atoms. The van der Waals surface area contributed by atoms with Gasteiger partial charge in [-0.15, -0.1) is 0 Å². The van der Waals surface area contributed by atoms with Crippen molar-refractivity contribution < 1.29 is 9.90 Å². The third-order valence-electron chi connectivity index (χ3n) is 3.70. The minimum absolute atomic E-state index is 0.646. The van der Waals surface area contributed by atoms with E-state index in [-0.39, 0.29) is 0 Å². The van der Waals surface area contributed by atoms with Crippen molar-refractivity contribution in [1.82, 2.24) is 0 Å². The summed E-state index contributed by atoms with van der Waals surface area (Å²) in [5, 5.41) is 9.81. The lowest BCUT2D eigenvalue weighted by molar-refractivity contribution is -0.144. The zero-order valence-electron chi connectivity index (χ0n) is 12.2. The number of benzene rings is 1. The molecule has 0 amide bonds. The summed E-state index contributed by atoms with van der Waals surface area (Å²) < 4.78 is 1.06. The van der Waals surface area contributed by atoms with Crippen molar-refractivity contribution in [2.24, 2.45) is 0 Å². The first kappa shape index (κ1) is 16.7. The zero-order valence-corrected chi connectivity index (χ0v) is 15.3. The summed E-state index contributed by atoms with van der Waals surface area (Å²) in [5.74, 6) is -0.683. The number of aliphatic carboxylic acids is 1. The molecular formula is C15H23IO2Si.